The Bertz CT molecular complexity index is 116. The topological polar surface area (TPSA) is 69.2 Å². The number of alkyl halides is 3. The fourth-order valence-corrected chi connectivity index (χ4v) is 1.34. The van der Waals surface area contributed by atoms with Crippen molar-refractivity contribution in [2.45, 2.75) is 76.0 Å². The molecule has 19 heavy (non-hydrogen) atoms. The molecule has 0 aromatic rings. The van der Waals surface area contributed by atoms with Gasteiger partial charge in [0.1, 0.15) is 0 Å². The summed E-state index contributed by atoms with van der Waals surface area (Å²) in [6.45, 7) is 5.81. The Morgan fingerprint density at radius 3 is 0.789 bits per heavy atom. The Kier molecular flexibility index (Phi) is 36.4. The van der Waals surface area contributed by atoms with Crippen molar-refractivity contribution >= 4 is 52.2 Å². The first-order chi connectivity index (χ1) is 8.31. The first-order valence-corrected chi connectivity index (χ1v) is 7.52. The third-order valence-electron chi connectivity index (χ3n) is 1.55. The van der Waals surface area contributed by atoms with Crippen LogP contribution in [0.4, 0.5) is 0 Å². The molecule has 0 radical (unpaired) electrons. The zero-order chi connectivity index (χ0) is 15.0. The molecule has 3 atom stereocenters. The zero-order valence-corrected chi connectivity index (χ0v) is 15.3. The molecule has 0 bridgehead atoms. The molecule has 0 aliphatic heterocycles. The number of hydrogen-bond acceptors (Lipinski definition) is 3. The van der Waals surface area contributed by atoms with E-state index in [1.807, 2.05) is 20.8 Å². The van der Waals surface area contributed by atoms with Gasteiger partial charge in [0.25, 0.3) is 0 Å². The molecule has 0 rings (SSSR count). The predicted octanol–water partition coefficient (Wildman–Crippen LogP) is 1.75. The van der Waals surface area contributed by atoms with Gasteiger partial charge in [0.05, 0.1) is 0 Å². The molecule has 0 fully saturated rings. The minimum Gasteiger partial charge on any atom is -0.840 e. The van der Waals surface area contributed by atoms with Crippen LogP contribution in [0.25, 0.3) is 0 Å². The summed E-state index contributed by atoms with van der Waals surface area (Å²) in [6, 6.07) is 0. The maximum atomic E-state index is 9.89. The van der Waals surface area contributed by atoms with Gasteiger partial charge in [-0.05, 0) is 16.7 Å². The molecule has 0 aromatic carbocycles. The summed E-state index contributed by atoms with van der Waals surface area (Å²) in [5, 5.41) is 29.7. The van der Waals surface area contributed by atoms with Gasteiger partial charge in [-0.25, -0.2) is 0 Å². The van der Waals surface area contributed by atoms with E-state index in [1.54, 1.807) is 0 Å². The second-order valence-corrected chi connectivity index (χ2v) is 5.06. The van der Waals surface area contributed by atoms with Crippen molar-refractivity contribution in [3.63, 3.8) is 0 Å². The van der Waals surface area contributed by atoms with Crippen LogP contribution in [0, 0.1) is 0 Å². The third-order valence-corrected chi connectivity index (χ3v) is 2.20. The summed E-state index contributed by atoms with van der Waals surface area (Å²) >= 11 is 15.1. The number of hydrogen-bond donors (Lipinski definition) is 0. The van der Waals surface area contributed by atoms with Gasteiger partial charge in [-0.2, -0.15) is 0 Å². The summed E-state index contributed by atoms with van der Waals surface area (Å²) in [6.07, 6.45) is 4.41. The van der Waals surface area contributed by atoms with E-state index in [0.29, 0.717) is 19.3 Å². The van der Waals surface area contributed by atoms with Crippen molar-refractivity contribution in [1.82, 2.24) is 0 Å². The summed E-state index contributed by atoms with van der Waals surface area (Å²) in [7, 11) is 0. The van der Waals surface area contributed by atoms with E-state index in [2.05, 4.69) is 0 Å². The molecule has 0 saturated carbocycles. The average molecular weight is 350 g/mol. The molecular weight excluding hydrogens is 325 g/mol. The average Bonchev–Trinajstić information content (AvgIpc) is 2.18. The first kappa shape index (κ1) is 28.4. The molecule has 3 unspecified atom stereocenters. The zero-order valence-electron chi connectivity index (χ0n) is 11.9. The molecule has 0 spiro atoms. The molecule has 3 nitrogen and oxygen atoms in total. The molecule has 0 aliphatic carbocycles. The predicted molar refractivity (Wildman–Crippen MR) is 79.4 cm³/mol. The molecule has 0 amide bonds. The van der Waals surface area contributed by atoms with Crippen LogP contribution in [-0.4, -0.2) is 34.1 Å². The number of rotatable bonds is 6. The maximum absolute atomic E-state index is 9.89. The first-order valence-electron chi connectivity index (χ1n) is 6.21. The smallest absolute Gasteiger partial charge is 0.840 e. The van der Waals surface area contributed by atoms with E-state index < -0.39 is 16.7 Å². The van der Waals surface area contributed by atoms with Gasteiger partial charge in [-0.3, -0.25) is 0 Å². The molecule has 7 heteroatoms. The quantitative estimate of drug-likeness (QED) is 0.542. The summed E-state index contributed by atoms with van der Waals surface area (Å²) in [4.78, 5) is 0. The Hall–Kier alpha value is 1.28. The summed E-state index contributed by atoms with van der Waals surface area (Å²) < 4.78 is 0. The number of halogens is 3. The molecule has 0 aromatic heterocycles. The van der Waals surface area contributed by atoms with Crippen molar-refractivity contribution in [2.24, 2.45) is 0 Å². The molecule has 114 valence electrons. The second kappa shape index (κ2) is 24.3. The second-order valence-electron chi connectivity index (χ2n) is 3.60. The fraction of sp³-hybridized carbons (Fsp3) is 1.00. The molecule has 0 N–H and O–H groups in total. The summed E-state index contributed by atoms with van der Waals surface area (Å²) in [5.74, 6) is 0. The van der Waals surface area contributed by atoms with Crippen LogP contribution in [0.5, 0.6) is 0 Å². The minimum atomic E-state index is -0.880. The maximum Gasteiger partial charge on any atom is 3.00 e. The van der Waals surface area contributed by atoms with Crippen molar-refractivity contribution in [3.8, 4) is 0 Å². The van der Waals surface area contributed by atoms with Crippen LogP contribution in [0.15, 0.2) is 0 Å². The molecule has 0 heterocycles. The van der Waals surface area contributed by atoms with Gasteiger partial charge in [-0.1, -0.05) is 59.3 Å². The summed E-state index contributed by atoms with van der Waals surface area (Å²) in [5.41, 5.74) is -2.64. The van der Waals surface area contributed by atoms with Crippen LogP contribution in [0.2, 0.25) is 0 Å². The largest absolute Gasteiger partial charge is 3.00 e. The fourth-order valence-electron chi connectivity index (χ4n) is 0.681. The van der Waals surface area contributed by atoms with E-state index in [1.165, 1.54) is 0 Å². The van der Waals surface area contributed by atoms with Crippen LogP contribution < -0.4 is 15.3 Å². The van der Waals surface area contributed by atoms with Crippen molar-refractivity contribution in [3.05, 3.63) is 0 Å². The SMILES string of the molecule is CCCC([O-])Cl.CCCC([O-])Cl.CCCC([O-])Cl.[Al+3]. The Labute approximate surface area is 143 Å². The van der Waals surface area contributed by atoms with Gasteiger partial charge in [0.15, 0.2) is 0 Å². The van der Waals surface area contributed by atoms with Gasteiger partial charge in [0, 0.05) is 0 Å². The monoisotopic (exact) mass is 348 g/mol. The van der Waals surface area contributed by atoms with Crippen LogP contribution in [-0.2, 0) is 0 Å². The molecular formula is C12H24AlCl3O3. The minimum absolute atomic E-state index is 0. The third kappa shape index (κ3) is 54.5. The van der Waals surface area contributed by atoms with E-state index >= 15 is 0 Å². The van der Waals surface area contributed by atoms with E-state index in [-0.39, 0.29) is 17.4 Å². The normalized spacial score (nSPS) is 13.7. The van der Waals surface area contributed by atoms with Gasteiger partial charge in [-0.15, -0.1) is 34.8 Å². The van der Waals surface area contributed by atoms with Gasteiger partial charge < -0.3 is 15.3 Å². The Balaban J connectivity index is -0.0000000865. The molecule has 0 saturated heterocycles. The standard InChI is InChI=1S/3C4H8ClO.Al/c3*1-2-3-4(5)6;/h3*4H,2-3H2,1H3;/q3*-1;+3. The van der Waals surface area contributed by atoms with Crippen LogP contribution >= 0.6 is 34.8 Å². The van der Waals surface area contributed by atoms with E-state index in [9.17, 15) is 15.3 Å². The van der Waals surface area contributed by atoms with Crippen molar-refractivity contribution < 1.29 is 15.3 Å². The van der Waals surface area contributed by atoms with Gasteiger partial charge >= 0.3 is 17.4 Å². The van der Waals surface area contributed by atoms with Crippen molar-refractivity contribution in [2.75, 3.05) is 0 Å². The van der Waals surface area contributed by atoms with E-state index in [4.69, 9.17) is 34.8 Å². The molecule has 0 aliphatic rings. The van der Waals surface area contributed by atoms with Crippen LogP contribution in [0.3, 0.4) is 0 Å². The van der Waals surface area contributed by atoms with Crippen molar-refractivity contribution in [1.29, 1.82) is 0 Å². The van der Waals surface area contributed by atoms with Gasteiger partial charge in [0.2, 0.25) is 0 Å². The Morgan fingerprint density at radius 2 is 0.789 bits per heavy atom. The van der Waals surface area contributed by atoms with E-state index in [0.717, 1.165) is 19.3 Å². The Morgan fingerprint density at radius 1 is 0.632 bits per heavy atom. The van der Waals surface area contributed by atoms with Crippen LogP contribution in [0.1, 0.15) is 59.3 Å².